The van der Waals surface area contributed by atoms with E-state index in [-0.39, 0.29) is 18.3 Å². The van der Waals surface area contributed by atoms with Crippen LogP contribution in [0.5, 0.6) is 0 Å². The van der Waals surface area contributed by atoms with E-state index in [0.717, 1.165) is 22.9 Å². The van der Waals surface area contributed by atoms with Gasteiger partial charge in [-0.3, -0.25) is 14.1 Å². The highest BCUT2D eigenvalue weighted by Gasteiger charge is 2.15. The molecule has 2 aromatic heterocycles. The van der Waals surface area contributed by atoms with Crippen LogP contribution in [0.1, 0.15) is 10.5 Å². The molecule has 0 aliphatic heterocycles. The molecule has 3 aromatic rings. The highest BCUT2D eigenvalue weighted by Crippen LogP contribution is 2.22. The molecule has 0 saturated heterocycles. The second-order valence-corrected chi connectivity index (χ2v) is 7.26. The minimum absolute atomic E-state index is 0.0622. The number of carbonyl (C=O) groups is 1. The van der Waals surface area contributed by atoms with Crippen molar-refractivity contribution in [2.24, 2.45) is 0 Å². The molecule has 2 heterocycles. The molecule has 0 radical (unpaired) electrons. The van der Waals surface area contributed by atoms with Gasteiger partial charge in [-0.2, -0.15) is 0 Å². The molecule has 0 amide bonds. The smallest absolute Gasteiger partial charge is 0.253 e. The molecule has 0 aliphatic rings. The largest absolute Gasteiger partial charge is 0.399 e. The number of hydrogen-bond acceptors (Lipinski definition) is 6. The van der Waals surface area contributed by atoms with Crippen LogP contribution in [0, 0.1) is 6.92 Å². The van der Waals surface area contributed by atoms with E-state index in [0.29, 0.717) is 5.69 Å². The lowest BCUT2D eigenvalue weighted by molar-refractivity contribution is 0.0889. The van der Waals surface area contributed by atoms with Crippen LogP contribution in [-0.4, -0.2) is 40.1 Å². The number of nitrogens with one attached hydrogen (secondary N) is 1. The molecule has 0 aliphatic carbocycles. The monoisotopic (exact) mass is 348 g/mol. The van der Waals surface area contributed by atoms with Crippen LogP contribution in [0.3, 0.4) is 0 Å². The van der Waals surface area contributed by atoms with Crippen LogP contribution in [0.25, 0.3) is 10.9 Å². The number of nitrogen functional groups attached to an aromatic ring is 1. The van der Waals surface area contributed by atoms with Crippen molar-refractivity contribution in [3.8, 4) is 0 Å². The van der Waals surface area contributed by atoms with E-state index in [1.165, 1.54) is 10.9 Å². The summed E-state index contributed by atoms with van der Waals surface area (Å²) in [6.07, 6.45) is 2.37. The van der Waals surface area contributed by atoms with Gasteiger partial charge in [0.2, 0.25) is 10.0 Å². The normalized spacial score (nSPS) is 11.8. The Morgan fingerprint density at radius 2 is 2.08 bits per heavy atom. The van der Waals surface area contributed by atoms with Gasteiger partial charge < -0.3 is 5.73 Å². The number of benzene rings is 1. The summed E-state index contributed by atoms with van der Waals surface area (Å²) in [5.74, 6) is -0.157. The van der Waals surface area contributed by atoms with Gasteiger partial charge in [-0.25, -0.2) is 13.1 Å². The summed E-state index contributed by atoms with van der Waals surface area (Å²) < 4.78 is 27.4. The Balaban J connectivity index is 1.87. The lowest BCUT2D eigenvalue weighted by Crippen LogP contribution is -2.19. The number of sulfonamides is 1. The van der Waals surface area contributed by atoms with Crippen molar-refractivity contribution in [2.45, 2.75) is 13.5 Å². The molecule has 0 saturated carbocycles. The van der Waals surface area contributed by atoms with E-state index < -0.39 is 10.0 Å². The Morgan fingerprint density at radius 3 is 2.79 bits per heavy atom. The molecule has 3 rings (SSSR count). The van der Waals surface area contributed by atoms with Gasteiger partial charge in [-0.15, -0.1) is 5.10 Å². The first-order chi connectivity index (χ1) is 11.2. The van der Waals surface area contributed by atoms with E-state index >= 15 is 0 Å². The molecule has 0 unspecified atom stereocenters. The predicted molar refractivity (Wildman–Crippen MR) is 90.2 cm³/mol. The summed E-state index contributed by atoms with van der Waals surface area (Å²) >= 11 is 0. The van der Waals surface area contributed by atoms with Crippen LogP contribution in [0.4, 0.5) is 11.5 Å². The molecule has 3 N–H and O–H groups in total. The maximum atomic E-state index is 12.6. The number of nitrogens with two attached hydrogens (primary N) is 1. The van der Waals surface area contributed by atoms with Crippen LogP contribution in [0.2, 0.25) is 0 Å². The summed E-state index contributed by atoms with van der Waals surface area (Å²) in [4.78, 5) is 12.6. The van der Waals surface area contributed by atoms with Crippen molar-refractivity contribution in [1.82, 2.24) is 19.6 Å². The summed E-state index contributed by atoms with van der Waals surface area (Å²) in [5, 5.41) is 8.31. The topological polar surface area (TPSA) is 125 Å². The highest BCUT2D eigenvalue weighted by atomic mass is 32.2. The summed E-state index contributed by atoms with van der Waals surface area (Å²) in [6.45, 7) is 1.75. The molecule has 9 nitrogen and oxygen atoms in total. The fourth-order valence-corrected chi connectivity index (χ4v) is 3.00. The van der Waals surface area contributed by atoms with Crippen molar-refractivity contribution in [3.05, 3.63) is 36.2 Å². The maximum Gasteiger partial charge on any atom is 0.253 e. The van der Waals surface area contributed by atoms with Crippen LogP contribution in [-0.2, 0) is 16.6 Å². The number of aromatic nitrogens is 4. The number of rotatable bonds is 4. The van der Waals surface area contributed by atoms with Gasteiger partial charge in [0, 0.05) is 16.8 Å². The Bertz CT molecular complexity index is 1030. The first kappa shape index (κ1) is 16.0. The standard InChI is InChI=1S/C14H16N6O3S/c1-9-5-10-6-11(15)3-4-12(10)20(9)14(21)8-19-7-13(16-18-19)17-24(2,22)23/h3-7,17H,8,15H2,1-2H3. The van der Waals surface area contributed by atoms with E-state index in [1.807, 2.05) is 13.0 Å². The molecular formula is C14H16N6O3S. The minimum Gasteiger partial charge on any atom is -0.399 e. The van der Waals surface area contributed by atoms with Crippen molar-refractivity contribution < 1.29 is 13.2 Å². The van der Waals surface area contributed by atoms with Crippen molar-refractivity contribution >= 4 is 38.3 Å². The van der Waals surface area contributed by atoms with Crippen molar-refractivity contribution in [3.63, 3.8) is 0 Å². The van der Waals surface area contributed by atoms with E-state index in [9.17, 15) is 13.2 Å². The summed E-state index contributed by atoms with van der Waals surface area (Å²) in [6, 6.07) is 7.19. The zero-order valence-electron chi connectivity index (χ0n) is 13.1. The lowest BCUT2D eigenvalue weighted by Gasteiger charge is -2.06. The third-order valence-electron chi connectivity index (χ3n) is 3.38. The highest BCUT2D eigenvalue weighted by molar-refractivity contribution is 7.92. The molecule has 0 fully saturated rings. The first-order valence-electron chi connectivity index (χ1n) is 7.01. The Labute approximate surface area is 138 Å². The van der Waals surface area contributed by atoms with E-state index in [4.69, 9.17) is 5.73 Å². The number of fused-ring (bicyclic) bond motifs is 1. The van der Waals surface area contributed by atoms with E-state index in [1.54, 1.807) is 22.8 Å². The number of carbonyl (C=O) groups excluding carboxylic acids is 1. The van der Waals surface area contributed by atoms with Crippen LogP contribution in [0.15, 0.2) is 30.5 Å². The van der Waals surface area contributed by atoms with Gasteiger partial charge in [0.15, 0.2) is 5.82 Å². The third kappa shape index (κ3) is 3.23. The van der Waals surface area contributed by atoms with Crippen molar-refractivity contribution in [2.75, 3.05) is 16.7 Å². The molecule has 24 heavy (non-hydrogen) atoms. The molecule has 0 spiro atoms. The van der Waals surface area contributed by atoms with Crippen molar-refractivity contribution in [1.29, 1.82) is 0 Å². The fourth-order valence-electron chi connectivity index (χ4n) is 2.52. The zero-order chi connectivity index (χ0) is 17.5. The predicted octanol–water partition coefficient (Wildman–Crippen LogP) is 0.835. The van der Waals surface area contributed by atoms with Gasteiger partial charge in [-0.05, 0) is 31.2 Å². The Kier molecular flexibility index (Phi) is 3.76. The summed E-state index contributed by atoms with van der Waals surface area (Å²) in [7, 11) is -3.44. The molecule has 0 atom stereocenters. The second-order valence-electron chi connectivity index (χ2n) is 5.51. The lowest BCUT2D eigenvalue weighted by atomic mass is 10.2. The average Bonchev–Trinajstić information content (AvgIpc) is 2.99. The fraction of sp³-hybridized carbons (Fsp3) is 0.214. The number of nitrogens with zero attached hydrogens (tertiary/aromatic N) is 4. The Hall–Kier alpha value is -2.88. The minimum atomic E-state index is -3.44. The van der Waals surface area contributed by atoms with Gasteiger partial charge in [0.05, 0.1) is 18.0 Å². The van der Waals surface area contributed by atoms with Gasteiger partial charge >= 0.3 is 0 Å². The van der Waals surface area contributed by atoms with Crippen LogP contribution < -0.4 is 10.5 Å². The van der Waals surface area contributed by atoms with Gasteiger partial charge in [-0.1, -0.05) is 5.21 Å². The zero-order valence-corrected chi connectivity index (χ0v) is 13.9. The second kappa shape index (κ2) is 5.64. The van der Waals surface area contributed by atoms with Gasteiger partial charge in [0.25, 0.3) is 5.91 Å². The first-order valence-corrected chi connectivity index (χ1v) is 8.91. The third-order valence-corrected chi connectivity index (χ3v) is 3.96. The molecule has 10 heteroatoms. The molecular weight excluding hydrogens is 332 g/mol. The SMILES string of the molecule is Cc1cc2cc(N)ccc2n1C(=O)Cn1cc(NS(C)(=O)=O)nn1. The maximum absolute atomic E-state index is 12.6. The average molecular weight is 348 g/mol. The van der Waals surface area contributed by atoms with Crippen LogP contribution >= 0.6 is 0 Å². The van der Waals surface area contributed by atoms with Gasteiger partial charge in [0.1, 0.15) is 6.54 Å². The number of anilines is 2. The molecule has 126 valence electrons. The molecule has 1 aromatic carbocycles. The molecule has 0 bridgehead atoms. The van der Waals surface area contributed by atoms with E-state index in [2.05, 4.69) is 15.0 Å². The number of aryl methyl sites for hydroxylation is 1. The Morgan fingerprint density at radius 1 is 1.33 bits per heavy atom. The summed E-state index contributed by atoms with van der Waals surface area (Å²) in [5.41, 5.74) is 7.91. The number of hydrogen-bond donors (Lipinski definition) is 2. The quantitative estimate of drug-likeness (QED) is 0.673.